The minimum Gasteiger partial charge on any atom is -0.449 e. The normalized spacial score (nSPS) is 18.1. The number of amides is 2. The van der Waals surface area contributed by atoms with E-state index in [2.05, 4.69) is 34.9 Å². The van der Waals surface area contributed by atoms with Crippen molar-refractivity contribution in [3.05, 3.63) is 99.1 Å². The summed E-state index contributed by atoms with van der Waals surface area (Å²) in [7, 11) is 0. The standard InChI is InChI=1S/C34H35ClN4O5/c1-19(36-32(41)43-18-26-24-12-7-5-10-22(24)23-11-6-8-13-25(23)26)30-38-28-15-9-14-27(35)29(28)31(40)39(30)21-16-20(17-21)37-33(42)44-34(2,3)4/h5-15,19-21,26H,16-18H2,1-4H3,(H,36,41)(H,37,42)/t19-,20?,21?/m0/s1. The van der Waals surface area contributed by atoms with Crippen molar-refractivity contribution in [1.82, 2.24) is 20.2 Å². The van der Waals surface area contributed by atoms with Gasteiger partial charge in [-0.1, -0.05) is 66.2 Å². The van der Waals surface area contributed by atoms with Crippen molar-refractivity contribution >= 4 is 34.7 Å². The van der Waals surface area contributed by atoms with Crippen LogP contribution in [-0.2, 0) is 9.47 Å². The Hall–Kier alpha value is -4.37. The smallest absolute Gasteiger partial charge is 0.407 e. The molecule has 44 heavy (non-hydrogen) atoms. The van der Waals surface area contributed by atoms with Gasteiger partial charge in [0.15, 0.2) is 0 Å². The third kappa shape index (κ3) is 5.76. The van der Waals surface area contributed by atoms with E-state index in [1.165, 1.54) is 0 Å². The minimum absolute atomic E-state index is 0.0769. The van der Waals surface area contributed by atoms with Gasteiger partial charge >= 0.3 is 12.2 Å². The highest BCUT2D eigenvalue weighted by Crippen LogP contribution is 2.44. The number of nitrogens with one attached hydrogen (secondary N) is 2. The first-order valence-electron chi connectivity index (χ1n) is 14.8. The number of aromatic nitrogens is 2. The number of carbonyl (C=O) groups is 2. The SMILES string of the molecule is C[C@H](NC(=O)OCC1c2ccccc2-c2ccccc21)c1nc2cccc(Cl)c2c(=O)n1C1CC(NC(=O)OC(C)(C)C)C1. The van der Waals surface area contributed by atoms with E-state index in [0.717, 1.165) is 22.3 Å². The molecule has 228 valence electrons. The molecule has 2 aliphatic carbocycles. The molecule has 1 heterocycles. The van der Waals surface area contributed by atoms with Crippen LogP contribution in [0.4, 0.5) is 9.59 Å². The molecular weight excluding hydrogens is 580 g/mol. The van der Waals surface area contributed by atoms with Gasteiger partial charge in [-0.3, -0.25) is 9.36 Å². The van der Waals surface area contributed by atoms with Crippen LogP contribution in [0, 0.1) is 0 Å². The Morgan fingerprint density at radius 1 is 0.977 bits per heavy atom. The van der Waals surface area contributed by atoms with Crippen LogP contribution in [0.2, 0.25) is 5.02 Å². The van der Waals surface area contributed by atoms with Crippen molar-refractivity contribution in [2.45, 2.75) is 70.2 Å². The van der Waals surface area contributed by atoms with Crippen molar-refractivity contribution in [3.63, 3.8) is 0 Å². The Morgan fingerprint density at radius 2 is 1.61 bits per heavy atom. The second kappa shape index (κ2) is 11.6. The zero-order chi connectivity index (χ0) is 31.2. The predicted molar refractivity (Wildman–Crippen MR) is 169 cm³/mol. The van der Waals surface area contributed by atoms with E-state index in [0.29, 0.717) is 34.6 Å². The summed E-state index contributed by atoms with van der Waals surface area (Å²) in [5.41, 5.74) is 4.07. The molecule has 1 atom stereocenters. The maximum Gasteiger partial charge on any atom is 0.407 e. The molecule has 1 fully saturated rings. The lowest BCUT2D eigenvalue weighted by molar-refractivity contribution is 0.0453. The number of fused-ring (bicyclic) bond motifs is 4. The van der Waals surface area contributed by atoms with Crippen LogP contribution < -0.4 is 16.2 Å². The Labute approximate surface area is 260 Å². The third-order valence-electron chi connectivity index (χ3n) is 8.17. The molecule has 10 heteroatoms. The van der Waals surface area contributed by atoms with Crippen LogP contribution in [0.1, 0.15) is 75.5 Å². The second-order valence-electron chi connectivity index (χ2n) is 12.4. The maximum atomic E-state index is 13.8. The molecule has 2 aliphatic rings. The molecule has 2 amide bonds. The van der Waals surface area contributed by atoms with Crippen LogP contribution in [0.5, 0.6) is 0 Å². The molecule has 6 rings (SSSR count). The van der Waals surface area contributed by atoms with Gasteiger partial charge < -0.3 is 20.1 Å². The van der Waals surface area contributed by atoms with E-state index in [-0.39, 0.29) is 30.2 Å². The van der Waals surface area contributed by atoms with E-state index in [1.54, 1.807) is 50.5 Å². The van der Waals surface area contributed by atoms with E-state index in [4.69, 9.17) is 26.1 Å². The number of carbonyl (C=O) groups excluding carboxylic acids is 2. The first-order chi connectivity index (χ1) is 21.0. The lowest BCUT2D eigenvalue weighted by Crippen LogP contribution is -2.49. The number of hydrogen-bond donors (Lipinski definition) is 2. The van der Waals surface area contributed by atoms with Crippen molar-refractivity contribution < 1.29 is 19.1 Å². The molecule has 4 aromatic rings. The zero-order valence-corrected chi connectivity index (χ0v) is 25.9. The molecule has 0 spiro atoms. The molecule has 0 aliphatic heterocycles. The monoisotopic (exact) mass is 614 g/mol. The fourth-order valence-corrected chi connectivity index (χ4v) is 6.40. The molecule has 9 nitrogen and oxygen atoms in total. The molecule has 0 radical (unpaired) electrons. The number of ether oxygens (including phenoxy) is 2. The van der Waals surface area contributed by atoms with Crippen LogP contribution in [0.3, 0.4) is 0 Å². The quantitative estimate of drug-likeness (QED) is 0.245. The number of halogens is 1. The molecule has 1 saturated carbocycles. The summed E-state index contributed by atoms with van der Waals surface area (Å²) in [6.45, 7) is 7.35. The number of nitrogens with zero attached hydrogens (tertiary/aromatic N) is 2. The minimum atomic E-state index is -0.653. The van der Waals surface area contributed by atoms with Gasteiger partial charge in [0.25, 0.3) is 5.56 Å². The lowest BCUT2D eigenvalue weighted by atomic mass is 9.86. The van der Waals surface area contributed by atoms with Crippen molar-refractivity contribution in [3.8, 4) is 11.1 Å². The molecule has 0 bridgehead atoms. The van der Waals surface area contributed by atoms with Gasteiger partial charge in [0.2, 0.25) is 0 Å². The second-order valence-corrected chi connectivity index (χ2v) is 12.8. The summed E-state index contributed by atoms with van der Waals surface area (Å²) in [6.07, 6.45) is -0.106. The van der Waals surface area contributed by atoms with Gasteiger partial charge in [-0.25, -0.2) is 14.6 Å². The Bertz CT molecular complexity index is 1760. The van der Waals surface area contributed by atoms with Gasteiger partial charge in [0, 0.05) is 18.0 Å². The molecular formula is C34H35ClN4O5. The topological polar surface area (TPSA) is 112 Å². The summed E-state index contributed by atoms with van der Waals surface area (Å²) in [5, 5.41) is 6.37. The number of rotatable bonds is 6. The Kier molecular flexibility index (Phi) is 7.84. The Balaban J connectivity index is 1.20. The highest BCUT2D eigenvalue weighted by molar-refractivity contribution is 6.35. The average molecular weight is 615 g/mol. The number of hydrogen-bond acceptors (Lipinski definition) is 6. The zero-order valence-electron chi connectivity index (χ0n) is 25.1. The highest BCUT2D eigenvalue weighted by Gasteiger charge is 2.36. The van der Waals surface area contributed by atoms with E-state index >= 15 is 0 Å². The molecule has 2 N–H and O–H groups in total. The number of benzene rings is 3. The first-order valence-corrected chi connectivity index (χ1v) is 15.2. The van der Waals surface area contributed by atoms with Gasteiger partial charge in [0.1, 0.15) is 18.0 Å². The van der Waals surface area contributed by atoms with Crippen LogP contribution in [-0.4, -0.2) is 40.0 Å². The summed E-state index contributed by atoms with van der Waals surface area (Å²) < 4.78 is 12.7. The van der Waals surface area contributed by atoms with Gasteiger partial charge in [0.05, 0.1) is 22.0 Å². The van der Waals surface area contributed by atoms with Gasteiger partial charge in [-0.05, 0) is 74.9 Å². The fourth-order valence-electron chi connectivity index (χ4n) is 6.15. The summed E-state index contributed by atoms with van der Waals surface area (Å²) >= 11 is 6.43. The molecule has 1 aromatic heterocycles. The van der Waals surface area contributed by atoms with Gasteiger partial charge in [-0.15, -0.1) is 0 Å². The Morgan fingerprint density at radius 3 is 2.25 bits per heavy atom. The summed E-state index contributed by atoms with van der Waals surface area (Å²) in [5.74, 6) is 0.311. The third-order valence-corrected chi connectivity index (χ3v) is 8.49. The molecule has 0 saturated heterocycles. The number of alkyl carbamates (subject to hydrolysis) is 2. The largest absolute Gasteiger partial charge is 0.449 e. The molecule has 0 unspecified atom stereocenters. The van der Waals surface area contributed by atoms with Crippen LogP contribution >= 0.6 is 11.6 Å². The van der Waals surface area contributed by atoms with E-state index in [1.807, 2.05) is 24.3 Å². The lowest BCUT2D eigenvalue weighted by Gasteiger charge is -2.38. The van der Waals surface area contributed by atoms with E-state index < -0.39 is 23.8 Å². The van der Waals surface area contributed by atoms with Gasteiger partial charge in [-0.2, -0.15) is 0 Å². The van der Waals surface area contributed by atoms with Crippen molar-refractivity contribution in [1.29, 1.82) is 0 Å². The fraction of sp³-hybridized carbons (Fsp3) is 0.353. The van der Waals surface area contributed by atoms with Crippen molar-refractivity contribution in [2.75, 3.05) is 6.61 Å². The van der Waals surface area contributed by atoms with E-state index in [9.17, 15) is 14.4 Å². The maximum absolute atomic E-state index is 13.8. The predicted octanol–water partition coefficient (Wildman–Crippen LogP) is 6.88. The average Bonchev–Trinajstić information content (AvgIpc) is 3.26. The summed E-state index contributed by atoms with van der Waals surface area (Å²) in [6, 6.07) is 20.3. The van der Waals surface area contributed by atoms with Crippen LogP contribution in [0.15, 0.2) is 71.5 Å². The first kappa shape index (κ1) is 29.7. The summed E-state index contributed by atoms with van der Waals surface area (Å²) in [4.78, 5) is 44.0. The van der Waals surface area contributed by atoms with Crippen LogP contribution in [0.25, 0.3) is 22.0 Å². The van der Waals surface area contributed by atoms with Crippen molar-refractivity contribution in [2.24, 2.45) is 0 Å². The highest BCUT2D eigenvalue weighted by atomic mass is 35.5. The molecule has 3 aromatic carbocycles.